The van der Waals surface area contributed by atoms with Crippen molar-refractivity contribution in [3.63, 3.8) is 0 Å². The van der Waals surface area contributed by atoms with Crippen LogP contribution in [0.3, 0.4) is 0 Å². The summed E-state index contributed by atoms with van der Waals surface area (Å²) in [5, 5.41) is 5.93. The fourth-order valence-electron chi connectivity index (χ4n) is 4.87. The van der Waals surface area contributed by atoms with Gasteiger partial charge in [0.15, 0.2) is 0 Å². The van der Waals surface area contributed by atoms with Crippen LogP contribution in [0, 0.1) is 19.8 Å². The van der Waals surface area contributed by atoms with E-state index in [1.54, 1.807) is 19.2 Å². The Kier molecular flexibility index (Phi) is 6.74. The summed E-state index contributed by atoms with van der Waals surface area (Å²) in [6.07, 6.45) is 2.94. The topological polar surface area (TPSA) is 126 Å². The van der Waals surface area contributed by atoms with Gasteiger partial charge in [0.1, 0.15) is 5.75 Å². The van der Waals surface area contributed by atoms with Crippen LogP contribution < -0.4 is 26.6 Å². The number of hydrogen-bond donors (Lipinski definition) is 4. The second-order valence-corrected chi connectivity index (χ2v) is 9.03. The summed E-state index contributed by atoms with van der Waals surface area (Å²) in [7, 11) is 1.61. The molecule has 0 spiro atoms. The molecule has 0 unspecified atom stereocenters. The molecule has 1 aliphatic carbocycles. The van der Waals surface area contributed by atoms with E-state index in [1.165, 1.54) is 0 Å². The standard InChI is InChI=1S/C25H31N5O4/c1-14-4-7-18(12-22(14)34-3)27-23(31)16-5-8-19(9-6-16)30-13-20-15(2)10-17(24(32)29-26)11-21(20)28-25(30)33/h4,7,10-12,16,19H,5-6,8-9,13,26H2,1-3H3,(H,27,31)(H,28,33)(H,29,32). The molecule has 9 nitrogen and oxygen atoms in total. The first-order valence-electron chi connectivity index (χ1n) is 11.5. The number of hydrogen-bond acceptors (Lipinski definition) is 5. The number of carbonyl (C=O) groups excluding carboxylic acids is 3. The monoisotopic (exact) mass is 465 g/mol. The van der Waals surface area contributed by atoms with Gasteiger partial charge in [-0.25, -0.2) is 10.6 Å². The van der Waals surface area contributed by atoms with Gasteiger partial charge in [0.25, 0.3) is 5.91 Å². The summed E-state index contributed by atoms with van der Waals surface area (Å²) in [4.78, 5) is 39.4. The van der Waals surface area contributed by atoms with Crippen LogP contribution in [0.25, 0.3) is 0 Å². The highest BCUT2D eigenvalue weighted by atomic mass is 16.5. The van der Waals surface area contributed by atoms with Gasteiger partial charge in [-0.15, -0.1) is 0 Å². The fraction of sp³-hybridized carbons (Fsp3) is 0.400. The Balaban J connectivity index is 1.38. The van der Waals surface area contributed by atoms with Crippen LogP contribution in [0.4, 0.5) is 16.2 Å². The Morgan fingerprint density at radius 3 is 2.50 bits per heavy atom. The average molecular weight is 466 g/mol. The van der Waals surface area contributed by atoms with Gasteiger partial charge in [-0.2, -0.15) is 0 Å². The molecule has 34 heavy (non-hydrogen) atoms. The second-order valence-electron chi connectivity index (χ2n) is 9.03. The largest absolute Gasteiger partial charge is 0.496 e. The zero-order valence-electron chi connectivity index (χ0n) is 19.7. The quantitative estimate of drug-likeness (QED) is 0.306. The van der Waals surface area contributed by atoms with Crippen LogP contribution in [-0.4, -0.2) is 35.9 Å². The number of anilines is 2. The molecule has 2 aliphatic rings. The number of methoxy groups -OCH3 is 1. The lowest BCUT2D eigenvalue weighted by atomic mass is 9.84. The molecule has 2 aromatic carbocycles. The van der Waals surface area contributed by atoms with E-state index < -0.39 is 5.91 Å². The highest BCUT2D eigenvalue weighted by molar-refractivity contribution is 5.98. The molecular formula is C25H31N5O4. The maximum atomic E-state index is 12.9. The summed E-state index contributed by atoms with van der Waals surface area (Å²) in [6, 6.07) is 8.94. The Morgan fingerprint density at radius 2 is 1.82 bits per heavy atom. The van der Waals surface area contributed by atoms with Crippen molar-refractivity contribution in [2.45, 2.75) is 52.1 Å². The summed E-state index contributed by atoms with van der Waals surface area (Å²) in [5.74, 6) is 5.49. The number of nitrogens with zero attached hydrogens (tertiary/aromatic N) is 1. The number of nitrogens with two attached hydrogens (primary N) is 1. The maximum absolute atomic E-state index is 12.9. The van der Waals surface area contributed by atoms with Crippen LogP contribution >= 0.6 is 0 Å². The average Bonchev–Trinajstić information content (AvgIpc) is 2.84. The van der Waals surface area contributed by atoms with Gasteiger partial charge in [-0.05, 0) is 74.4 Å². The fourth-order valence-corrected chi connectivity index (χ4v) is 4.87. The van der Waals surface area contributed by atoms with E-state index in [9.17, 15) is 14.4 Å². The predicted molar refractivity (Wildman–Crippen MR) is 130 cm³/mol. The third-order valence-corrected chi connectivity index (χ3v) is 6.88. The summed E-state index contributed by atoms with van der Waals surface area (Å²) in [6.45, 7) is 4.35. The number of nitrogen functional groups attached to an aromatic ring is 1. The summed E-state index contributed by atoms with van der Waals surface area (Å²) in [5.41, 5.74) is 6.81. The van der Waals surface area contributed by atoms with Crippen molar-refractivity contribution in [1.29, 1.82) is 0 Å². The molecule has 0 aromatic heterocycles. The van der Waals surface area contributed by atoms with Crippen molar-refractivity contribution in [2.75, 3.05) is 17.7 Å². The first kappa shape index (κ1) is 23.6. The maximum Gasteiger partial charge on any atom is 0.322 e. The zero-order chi connectivity index (χ0) is 24.4. The number of benzene rings is 2. The van der Waals surface area contributed by atoms with Crippen LogP contribution in [-0.2, 0) is 11.3 Å². The third-order valence-electron chi connectivity index (χ3n) is 6.88. The predicted octanol–water partition coefficient (Wildman–Crippen LogP) is 3.46. The lowest BCUT2D eigenvalue weighted by Gasteiger charge is -2.39. The molecule has 0 radical (unpaired) electrons. The molecule has 9 heteroatoms. The SMILES string of the molecule is COc1cc(NC(=O)C2CCC(N3Cc4c(C)cc(C(=O)NN)cc4NC3=O)CC2)ccc1C. The van der Waals surface area contributed by atoms with E-state index in [-0.39, 0.29) is 23.9 Å². The number of urea groups is 1. The minimum Gasteiger partial charge on any atom is -0.496 e. The summed E-state index contributed by atoms with van der Waals surface area (Å²) >= 11 is 0. The number of aryl methyl sites for hydroxylation is 2. The number of ether oxygens (including phenoxy) is 1. The van der Waals surface area contributed by atoms with Crippen LogP contribution in [0.5, 0.6) is 5.75 Å². The van der Waals surface area contributed by atoms with Crippen LogP contribution in [0.2, 0.25) is 0 Å². The van der Waals surface area contributed by atoms with E-state index in [0.29, 0.717) is 30.6 Å². The lowest BCUT2D eigenvalue weighted by Crippen LogP contribution is -2.47. The Hall–Kier alpha value is -3.59. The van der Waals surface area contributed by atoms with Crippen molar-refractivity contribution >= 4 is 29.2 Å². The minimum absolute atomic E-state index is 0.000600. The van der Waals surface area contributed by atoms with Crippen molar-refractivity contribution in [2.24, 2.45) is 11.8 Å². The van der Waals surface area contributed by atoms with Gasteiger partial charge in [0, 0.05) is 35.0 Å². The molecule has 180 valence electrons. The van der Waals surface area contributed by atoms with Gasteiger partial charge in [0.05, 0.1) is 13.7 Å². The number of rotatable bonds is 5. The van der Waals surface area contributed by atoms with Crippen LogP contribution in [0.15, 0.2) is 30.3 Å². The second kappa shape index (κ2) is 9.72. The number of hydrazine groups is 1. The molecule has 2 aromatic rings. The highest BCUT2D eigenvalue weighted by Crippen LogP contribution is 2.34. The van der Waals surface area contributed by atoms with Gasteiger partial charge >= 0.3 is 6.03 Å². The van der Waals surface area contributed by atoms with Crippen molar-refractivity contribution in [3.05, 3.63) is 52.6 Å². The molecule has 5 N–H and O–H groups in total. The molecule has 4 amide bonds. The first-order valence-corrected chi connectivity index (χ1v) is 11.5. The Bertz CT molecular complexity index is 1120. The van der Waals surface area contributed by atoms with Crippen molar-refractivity contribution in [3.8, 4) is 5.75 Å². The molecule has 4 rings (SSSR count). The van der Waals surface area contributed by atoms with E-state index in [1.807, 2.05) is 36.9 Å². The van der Waals surface area contributed by atoms with Crippen molar-refractivity contribution in [1.82, 2.24) is 10.3 Å². The lowest BCUT2D eigenvalue weighted by molar-refractivity contribution is -0.121. The minimum atomic E-state index is -0.400. The zero-order valence-corrected chi connectivity index (χ0v) is 19.7. The smallest absolute Gasteiger partial charge is 0.322 e. The van der Waals surface area contributed by atoms with E-state index in [0.717, 1.165) is 41.0 Å². The molecule has 0 saturated heterocycles. The molecule has 1 aliphatic heterocycles. The van der Waals surface area contributed by atoms with E-state index in [4.69, 9.17) is 10.6 Å². The molecule has 1 fully saturated rings. The molecule has 0 atom stereocenters. The first-order chi connectivity index (χ1) is 16.3. The van der Waals surface area contributed by atoms with E-state index in [2.05, 4.69) is 16.1 Å². The van der Waals surface area contributed by atoms with Gasteiger partial charge in [-0.1, -0.05) is 6.07 Å². The number of nitrogens with one attached hydrogen (secondary N) is 3. The molecule has 0 bridgehead atoms. The third kappa shape index (κ3) is 4.70. The number of amides is 4. The van der Waals surface area contributed by atoms with Gasteiger partial charge < -0.3 is 20.3 Å². The van der Waals surface area contributed by atoms with Crippen LogP contribution in [0.1, 0.15) is 52.7 Å². The Morgan fingerprint density at radius 1 is 1.09 bits per heavy atom. The summed E-state index contributed by atoms with van der Waals surface area (Å²) < 4.78 is 5.34. The van der Waals surface area contributed by atoms with Gasteiger partial charge in [-0.3, -0.25) is 15.0 Å². The molecular weight excluding hydrogens is 434 g/mol. The van der Waals surface area contributed by atoms with E-state index >= 15 is 0 Å². The highest BCUT2D eigenvalue weighted by Gasteiger charge is 2.34. The number of fused-ring (bicyclic) bond motifs is 1. The van der Waals surface area contributed by atoms with Gasteiger partial charge in [0.2, 0.25) is 5.91 Å². The number of carbonyl (C=O) groups is 3. The molecule has 1 heterocycles. The normalized spacial score (nSPS) is 19.6. The van der Waals surface area contributed by atoms with Crippen molar-refractivity contribution < 1.29 is 19.1 Å². The Labute approximate surface area is 199 Å². The molecule has 1 saturated carbocycles.